The molecule has 29 heteroatoms. The molecule has 3 aliphatic rings. The molecule has 7 unspecified atom stereocenters. The number of fused-ring (bicyclic) bond motifs is 1. The number of aryl methyl sites for hydroxylation is 2. The SMILES string of the molecule is CC(C)(COP(=O)(O)OP(=O)(O)OCC1OC(n2cnc3c(N)ncnc32)C(O)C1OP(=O)(O)O)C(O)C(=O)NCCC(=O)NCCC(=O)C1(CCCCCCc2ccc(CCCCC3(OC=O)CC3)cc2)CC1. The zero-order valence-corrected chi connectivity index (χ0v) is 44.0. The van der Waals surface area contributed by atoms with Crippen molar-refractivity contribution in [2.75, 3.05) is 32.0 Å². The number of rotatable bonds is 34. The number of carbonyl (C=O) groups excluding carboxylic acids is 4. The first-order chi connectivity index (χ1) is 34.9. The van der Waals surface area contributed by atoms with Gasteiger partial charge in [0, 0.05) is 36.8 Å². The van der Waals surface area contributed by atoms with Crippen LogP contribution in [0.15, 0.2) is 36.9 Å². The van der Waals surface area contributed by atoms with Crippen molar-refractivity contribution in [2.24, 2.45) is 10.8 Å². The van der Waals surface area contributed by atoms with E-state index in [1.807, 2.05) is 0 Å². The van der Waals surface area contributed by atoms with Gasteiger partial charge >= 0.3 is 23.5 Å². The number of unbranched alkanes of at least 4 members (excludes halogenated alkanes) is 4. The Morgan fingerprint density at radius 3 is 2.14 bits per heavy atom. The number of ketones is 1. The molecule has 1 aliphatic heterocycles. The van der Waals surface area contributed by atoms with Crippen molar-refractivity contribution in [1.29, 1.82) is 0 Å². The molecule has 412 valence electrons. The van der Waals surface area contributed by atoms with Gasteiger partial charge in [-0.2, -0.15) is 4.31 Å². The van der Waals surface area contributed by atoms with E-state index in [1.54, 1.807) is 0 Å². The van der Waals surface area contributed by atoms with E-state index in [0.717, 1.165) is 107 Å². The average Bonchev–Trinajstić information content (AvgIpc) is 4.23. The number of Topliss-reactive ketones (excluding diaryl/α,β-unsaturated/α-hetero) is 1. The average molecular weight is 1100 g/mol. The quantitative estimate of drug-likeness (QED) is 0.0233. The van der Waals surface area contributed by atoms with Crippen molar-refractivity contribution in [3.8, 4) is 0 Å². The number of aromatic nitrogens is 4. The number of nitrogens with zero attached hydrogens (tertiary/aromatic N) is 4. The third-order valence-electron chi connectivity index (χ3n) is 13.5. The molecule has 0 bridgehead atoms. The smallest absolute Gasteiger partial charge is 0.461 e. The number of carbonyl (C=O) groups is 4. The summed E-state index contributed by atoms with van der Waals surface area (Å²) in [5.41, 5.74) is 6.38. The highest BCUT2D eigenvalue weighted by Crippen LogP contribution is 2.61. The van der Waals surface area contributed by atoms with Gasteiger partial charge in [0.15, 0.2) is 17.7 Å². The summed E-state index contributed by atoms with van der Waals surface area (Å²) in [6.07, 6.45) is 6.80. The molecule has 74 heavy (non-hydrogen) atoms. The van der Waals surface area contributed by atoms with E-state index in [0.29, 0.717) is 6.47 Å². The Morgan fingerprint density at radius 1 is 0.878 bits per heavy atom. The van der Waals surface area contributed by atoms with E-state index < -0.39 is 84.6 Å². The van der Waals surface area contributed by atoms with E-state index in [2.05, 4.69) is 58.7 Å². The number of nitrogens with two attached hydrogens (primary N) is 1. The standard InChI is InChI=1S/C45H68N7O19P3/c1-43(2,26-68-74(64,65)71-73(62,63)67-25-32-37(70-72(59,60)61)36(56)42(69-32)52-28-51-35-39(46)49-27-50-40(35)52)38(57)41(58)48-24-16-34(55)47-23-15-33(54)44(19-20-44)17-7-4-3-5-9-30-11-13-31(14-12-30)10-6-8-18-45(21-22-45)66-29-53/h11-14,27-29,32,36-38,42,56-57H,3-10,15-26H2,1-2H3,(H,47,55)(H,48,58)(H,62,63)(H,64,65)(H2,46,49,50)(H2,59,60,61). The summed E-state index contributed by atoms with van der Waals surface area (Å²) in [5.74, 6) is -1.35. The number of imidazole rings is 1. The summed E-state index contributed by atoms with van der Waals surface area (Å²) in [5, 5.41) is 26.7. The number of aliphatic hydroxyl groups excluding tert-OH is 2. The molecule has 2 amide bonds. The van der Waals surface area contributed by atoms with Crippen molar-refractivity contribution in [2.45, 2.75) is 153 Å². The Kier molecular flexibility index (Phi) is 20.3. The number of aliphatic hydroxyl groups is 2. The highest BCUT2D eigenvalue weighted by molar-refractivity contribution is 7.61. The maximum absolute atomic E-state index is 13.1. The molecule has 3 heterocycles. The van der Waals surface area contributed by atoms with Crippen LogP contribution in [0.5, 0.6) is 0 Å². The van der Waals surface area contributed by atoms with Crippen molar-refractivity contribution in [1.82, 2.24) is 30.2 Å². The maximum Gasteiger partial charge on any atom is 0.481 e. The lowest BCUT2D eigenvalue weighted by Crippen LogP contribution is -2.46. The molecule has 2 aliphatic carbocycles. The first kappa shape index (κ1) is 59.1. The molecular formula is C45H68N7O19P3. The van der Waals surface area contributed by atoms with E-state index >= 15 is 0 Å². The van der Waals surface area contributed by atoms with E-state index in [-0.39, 0.29) is 59.7 Å². The van der Waals surface area contributed by atoms with E-state index in [4.69, 9.17) is 24.3 Å². The Morgan fingerprint density at radius 2 is 1.50 bits per heavy atom. The summed E-state index contributed by atoms with van der Waals surface area (Å²) in [7, 11) is -16.5. The van der Waals surface area contributed by atoms with Crippen LogP contribution >= 0.6 is 23.5 Å². The fraction of sp³-hybridized carbons (Fsp3) is 0.667. The van der Waals surface area contributed by atoms with Crippen LogP contribution in [0.4, 0.5) is 5.82 Å². The van der Waals surface area contributed by atoms with Gasteiger partial charge in [-0.15, -0.1) is 0 Å². The van der Waals surface area contributed by atoms with Gasteiger partial charge in [-0.05, 0) is 81.8 Å². The number of nitrogens with one attached hydrogen (secondary N) is 2. The van der Waals surface area contributed by atoms with Crippen molar-refractivity contribution in [3.05, 3.63) is 48.0 Å². The lowest BCUT2D eigenvalue weighted by atomic mass is 9.87. The second-order valence-corrected chi connectivity index (χ2v) is 24.1. The fourth-order valence-corrected chi connectivity index (χ4v) is 11.6. The van der Waals surface area contributed by atoms with E-state index in [9.17, 15) is 62.7 Å². The van der Waals surface area contributed by atoms with Gasteiger partial charge < -0.3 is 55.6 Å². The predicted molar refractivity (Wildman–Crippen MR) is 261 cm³/mol. The lowest BCUT2D eigenvalue weighted by molar-refractivity contribution is -0.137. The molecule has 1 aromatic carbocycles. The molecule has 2 saturated carbocycles. The Balaban J connectivity index is 0.825. The van der Waals surface area contributed by atoms with Crippen LogP contribution in [0.2, 0.25) is 0 Å². The van der Waals surface area contributed by atoms with Crippen LogP contribution in [-0.4, -0.2) is 130 Å². The number of hydrogen-bond donors (Lipinski definition) is 9. The minimum atomic E-state index is -5.59. The van der Waals surface area contributed by atoms with Crippen LogP contribution in [0, 0.1) is 10.8 Å². The number of nitrogen functional groups attached to an aromatic ring is 1. The second-order valence-electron chi connectivity index (χ2n) is 19.9. The van der Waals surface area contributed by atoms with Crippen molar-refractivity contribution < 1.29 is 90.0 Å². The van der Waals surface area contributed by atoms with Crippen molar-refractivity contribution >= 4 is 64.5 Å². The molecule has 0 spiro atoms. The zero-order valence-electron chi connectivity index (χ0n) is 41.3. The Bertz CT molecular complexity index is 2560. The predicted octanol–water partition coefficient (Wildman–Crippen LogP) is 3.76. The van der Waals surface area contributed by atoms with Gasteiger partial charge in [-0.3, -0.25) is 37.3 Å². The number of benzene rings is 1. The Labute approximate surface area is 427 Å². The van der Waals surface area contributed by atoms with Crippen molar-refractivity contribution in [3.63, 3.8) is 0 Å². The zero-order chi connectivity index (χ0) is 54.0. The number of ether oxygens (including phenoxy) is 2. The third kappa shape index (κ3) is 17.2. The van der Waals surface area contributed by atoms with Crippen LogP contribution in [0.3, 0.4) is 0 Å². The molecule has 26 nitrogen and oxygen atoms in total. The topological polar surface area (TPSA) is 390 Å². The highest BCUT2D eigenvalue weighted by atomic mass is 31.3. The van der Waals surface area contributed by atoms with Crippen LogP contribution in [-0.2, 0) is 73.1 Å². The van der Waals surface area contributed by atoms with Gasteiger partial charge in [0.25, 0.3) is 6.47 Å². The lowest BCUT2D eigenvalue weighted by Gasteiger charge is -2.30. The van der Waals surface area contributed by atoms with Gasteiger partial charge in [0.2, 0.25) is 11.8 Å². The summed E-state index contributed by atoms with van der Waals surface area (Å²) < 4.78 is 67.9. The Hall–Kier alpha value is -4.10. The number of hydrogen-bond acceptors (Lipinski definition) is 19. The van der Waals surface area contributed by atoms with Gasteiger partial charge in [-0.25, -0.2) is 28.6 Å². The van der Waals surface area contributed by atoms with Crippen LogP contribution < -0.4 is 16.4 Å². The third-order valence-corrected chi connectivity index (χ3v) is 16.6. The molecule has 2 aromatic heterocycles. The molecule has 0 radical (unpaired) electrons. The first-order valence-corrected chi connectivity index (χ1v) is 29.0. The molecule has 3 aromatic rings. The number of anilines is 1. The summed E-state index contributed by atoms with van der Waals surface area (Å²) in [6, 6.07) is 8.79. The maximum atomic E-state index is 13.1. The first-order valence-electron chi connectivity index (χ1n) is 24.5. The molecule has 10 N–H and O–H groups in total. The second kappa shape index (κ2) is 25.4. The number of phosphoric ester groups is 3. The fourth-order valence-electron chi connectivity index (χ4n) is 8.80. The minimum absolute atomic E-state index is 0.0291. The number of amides is 2. The van der Waals surface area contributed by atoms with Crippen LogP contribution in [0.1, 0.15) is 121 Å². The molecule has 1 saturated heterocycles. The highest BCUT2D eigenvalue weighted by Gasteiger charge is 2.51. The van der Waals surface area contributed by atoms with Crippen LogP contribution in [0.25, 0.3) is 11.2 Å². The largest absolute Gasteiger partial charge is 0.481 e. The molecule has 7 atom stereocenters. The minimum Gasteiger partial charge on any atom is -0.461 e. The normalized spacial score (nSPS) is 22.1. The molecule has 3 fully saturated rings. The summed E-state index contributed by atoms with van der Waals surface area (Å²) in [6.45, 7) is 0.986. The van der Waals surface area contributed by atoms with Gasteiger partial charge in [0.1, 0.15) is 47.6 Å². The van der Waals surface area contributed by atoms with E-state index in [1.165, 1.54) is 25.0 Å². The summed E-state index contributed by atoms with van der Waals surface area (Å²) in [4.78, 5) is 100. The monoisotopic (exact) mass is 1100 g/mol. The van der Waals surface area contributed by atoms with Gasteiger partial charge in [-0.1, -0.05) is 57.4 Å². The van der Waals surface area contributed by atoms with Gasteiger partial charge in [0.05, 0.1) is 19.5 Å². The number of phosphoric acid groups is 3. The summed E-state index contributed by atoms with van der Waals surface area (Å²) >= 11 is 0. The molecular weight excluding hydrogens is 1040 g/mol. The molecule has 6 rings (SSSR count).